The first-order chi connectivity index (χ1) is 24.3. The molecule has 7 aromatic carbocycles. The molecule has 49 heavy (non-hydrogen) atoms. The fraction of sp³-hybridized carbons (Fsp3) is 0.0682. The van der Waals surface area contributed by atoms with E-state index in [-0.39, 0.29) is 12.3 Å². The van der Waals surface area contributed by atoms with Crippen LogP contribution in [0.4, 0.5) is 0 Å². The standard InChI is InChI=1S/C44H32N4O/c1-3-11-29-23-31(21-19-27(29)9-1)42-46-43(32-22-20-28-10-2-4-12-30(28)24-32)48-44(47-42)36-17-8-14-33-34(36)15-7-16-35(33)38-25-45-26-40-41(38)37-13-5-6-18-39(37)49-40/h1-25,42-43,45-46H,26H2,(H,47,48). The van der Waals surface area contributed by atoms with Crippen molar-refractivity contribution in [2.45, 2.75) is 18.9 Å². The molecule has 0 fully saturated rings. The molecule has 10 rings (SSSR count). The summed E-state index contributed by atoms with van der Waals surface area (Å²) in [6, 6.07) is 51.8. The SMILES string of the molecule is C1=C(c2cccc3c(C4=NC(c5ccc6ccccc6c5)NC(c5ccc6ccccc6c5)N4)cccc23)c2c(oc3ccccc23)CN1. The van der Waals surface area contributed by atoms with Crippen molar-refractivity contribution in [3.63, 3.8) is 0 Å². The van der Waals surface area contributed by atoms with Crippen molar-refractivity contribution >= 4 is 54.7 Å². The number of rotatable bonds is 4. The Morgan fingerprint density at radius 2 is 1.20 bits per heavy atom. The lowest BCUT2D eigenvalue weighted by atomic mass is 9.89. The van der Waals surface area contributed by atoms with Crippen LogP contribution in [0.3, 0.4) is 0 Å². The zero-order chi connectivity index (χ0) is 32.3. The molecule has 0 spiro atoms. The Bertz CT molecular complexity index is 2650. The highest BCUT2D eigenvalue weighted by Crippen LogP contribution is 2.40. The van der Waals surface area contributed by atoms with Crippen molar-refractivity contribution in [3.8, 4) is 0 Å². The van der Waals surface area contributed by atoms with Gasteiger partial charge in [-0.05, 0) is 67.2 Å². The largest absolute Gasteiger partial charge is 0.459 e. The lowest BCUT2D eigenvalue weighted by molar-refractivity contribution is 0.409. The molecule has 234 valence electrons. The van der Waals surface area contributed by atoms with Crippen molar-refractivity contribution < 1.29 is 4.42 Å². The van der Waals surface area contributed by atoms with Gasteiger partial charge >= 0.3 is 0 Å². The summed E-state index contributed by atoms with van der Waals surface area (Å²) in [5, 5.41) is 19.4. The van der Waals surface area contributed by atoms with E-state index in [4.69, 9.17) is 9.41 Å². The van der Waals surface area contributed by atoms with E-state index in [9.17, 15) is 0 Å². The second-order valence-corrected chi connectivity index (χ2v) is 12.9. The Morgan fingerprint density at radius 1 is 0.571 bits per heavy atom. The van der Waals surface area contributed by atoms with Gasteiger partial charge in [0.25, 0.3) is 0 Å². The van der Waals surface area contributed by atoms with Crippen LogP contribution in [0.25, 0.3) is 48.9 Å². The maximum absolute atomic E-state index is 6.29. The minimum absolute atomic E-state index is 0.155. The number of hydrogen-bond acceptors (Lipinski definition) is 5. The Morgan fingerprint density at radius 3 is 2.00 bits per heavy atom. The monoisotopic (exact) mass is 632 g/mol. The number of fused-ring (bicyclic) bond motifs is 6. The molecule has 5 nitrogen and oxygen atoms in total. The van der Waals surface area contributed by atoms with Crippen LogP contribution in [0, 0.1) is 0 Å². The maximum Gasteiger partial charge on any atom is 0.135 e. The first-order valence-corrected chi connectivity index (χ1v) is 16.8. The van der Waals surface area contributed by atoms with Crippen LogP contribution < -0.4 is 16.0 Å². The van der Waals surface area contributed by atoms with Crippen LogP contribution in [0.15, 0.2) is 161 Å². The van der Waals surface area contributed by atoms with Crippen LogP contribution in [0.5, 0.6) is 0 Å². The number of para-hydroxylation sites is 1. The normalized spacial score (nSPS) is 17.4. The molecule has 3 N–H and O–H groups in total. The third kappa shape index (κ3) is 4.70. The zero-order valence-electron chi connectivity index (χ0n) is 26.7. The molecule has 8 aromatic rings. The summed E-state index contributed by atoms with van der Waals surface area (Å²) >= 11 is 0. The number of amidine groups is 1. The quantitative estimate of drug-likeness (QED) is 0.181. The van der Waals surface area contributed by atoms with E-state index in [1.807, 2.05) is 12.1 Å². The molecule has 2 aliphatic rings. The Hall–Kier alpha value is -6.17. The van der Waals surface area contributed by atoms with Gasteiger partial charge in [0, 0.05) is 28.3 Å². The highest BCUT2D eigenvalue weighted by atomic mass is 16.3. The molecule has 5 heteroatoms. The third-order valence-electron chi connectivity index (χ3n) is 9.97. The molecule has 0 amide bonds. The molecule has 0 saturated carbocycles. The van der Waals surface area contributed by atoms with Crippen molar-refractivity contribution in [3.05, 3.63) is 185 Å². The van der Waals surface area contributed by atoms with Crippen molar-refractivity contribution in [2.75, 3.05) is 0 Å². The second kappa shape index (κ2) is 11.2. The van der Waals surface area contributed by atoms with Gasteiger partial charge in [-0.3, -0.25) is 5.32 Å². The summed E-state index contributed by atoms with van der Waals surface area (Å²) in [7, 11) is 0. The zero-order valence-corrected chi connectivity index (χ0v) is 26.7. The predicted molar refractivity (Wildman–Crippen MR) is 200 cm³/mol. The van der Waals surface area contributed by atoms with Gasteiger partial charge < -0.3 is 15.1 Å². The summed E-state index contributed by atoms with van der Waals surface area (Å²) in [5.74, 6) is 1.83. The molecule has 0 bridgehead atoms. The van der Waals surface area contributed by atoms with E-state index in [1.54, 1.807) is 0 Å². The molecule has 2 aliphatic heterocycles. The highest BCUT2D eigenvalue weighted by molar-refractivity contribution is 6.13. The molecule has 0 aliphatic carbocycles. The topological polar surface area (TPSA) is 61.6 Å². The van der Waals surface area contributed by atoms with Crippen LogP contribution in [0.2, 0.25) is 0 Å². The molecule has 2 unspecified atom stereocenters. The Labute approximate surface area is 283 Å². The van der Waals surface area contributed by atoms with E-state index >= 15 is 0 Å². The number of hydrogen-bond donors (Lipinski definition) is 3. The number of aliphatic imine (C=N–C) groups is 1. The predicted octanol–water partition coefficient (Wildman–Crippen LogP) is 9.72. The number of benzene rings is 7. The van der Waals surface area contributed by atoms with Crippen LogP contribution in [-0.2, 0) is 6.54 Å². The Balaban J connectivity index is 1.12. The molecule has 1 aromatic heterocycles. The third-order valence-corrected chi connectivity index (χ3v) is 9.97. The van der Waals surface area contributed by atoms with Gasteiger partial charge in [-0.1, -0.05) is 127 Å². The highest BCUT2D eigenvalue weighted by Gasteiger charge is 2.28. The molecular weight excluding hydrogens is 601 g/mol. The van der Waals surface area contributed by atoms with Gasteiger partial charge in [-0.25, -0.2) is 4.99 Å². The fourth-order valence-electron chi connectivity index (χ4n) is 7.60. The van der Waals surface area contributed by atoms with Crippen molar-refractivity contribution in [1.29, 1.82) is 0 Å². The number of furan rings is 1. The lowest BCUT2D eigenvalue weighted by Crippen LogP contribution is -2.45. The molecule has 0 saturated heterocycles. The van der Waals surface area contributed by atoms with Gasteiger partial charge in [-0.15, -0.1) is 0 Å². The summed E-state index contributed by atoms with van der Waals surface area (Å²) in [4.78, 5) is 5.38. The minimum atomic E-state index is -0.249. The molecule has 0 radical (unpaired) electrons. The summed E-state index contributed by atoms with van der Waals surface area (Å²) in [6.45, 7) is 0.670. The summed E-state index contributed by atoms with van der Waals surface area (Å²) < 4.78 is 6.29. The lowest BCUT2D eigenvalue weighted by Gasteiger charge is -2.33. The molecule has 2 atom stereocenters. The summed E-state index contributed by atoms with van der Waals surface area (Å²) in [5.41, 5.74) is 7.73. The number of nitrogens with zero attached hydrogens (tertiary/aromatic N) is 1. The average Bonchev–Trinajstić information content (AvgIpc) is 3.56. The Kier molecular flexibility index (Phi) is 6.39. The van der Waals surface area contributed by atoms with Gasteiger partial charge in [-0.2, -0.15) is 0 Å². The van der Waals surface area contributed by atoms with Crippen LogP contribution >= 0.6 is 0 Å². The smallest absolute Gasteiger partial charge is 0.135 e. The van der Waals surface area contributed by atoms with E-state index in [1.165, 1.54) is 26.9 Å². The average molecular weight is 633 g/mol. The van der Waals surface area contributed by atoms with Crippen LogP contribution in [-0.4, -0.2) is 5.84 Å². The molecule has 3 heterocycles. The van der Waals surface area contributed by atoms with E-state index in [0.717, 1.165) is 61.3 Å². The first-order valence-electron chi connectivity index (χ1n) is 16.8. The van der Waals surface area contributed by atoms with E-state index in [0.29, 0.717) is 6.54 Å². The number of nitrogens with one attached hydrogen (secondary N) is 3. The maximum atomic E-state index is 6.29. The van der Waals surface area contributed by atoms with E-state index < -0.39 is 0 Å². The first kappa shape index (κ1) is 27.9. The van der Waals surface area contributed by atoms with Gasteiger partial charge in [0.1, 0.15) is 29.5 Å². The summed E-state index contributed by atoms with van der Waals surface area (Å²) in [6.07, 6.45) is 1.73. The van der Waals surface area contributed by atoms with Gasteiger partial charge in [0.2, 0.25) is 0 Å². The van der Waals surface area contributed by atoms with Crippen molar-refractivity contribution in [2.24, 2.45) is 4.99 Å². The van der Waals surface area contributed by atoms with Gasteiger partial charge in [0.05, 0.1) is 6.54 Å². The molecular formula is C44H32N4O. The van der Waals surface area contributed by atoms with E-state index in [2.05, 4.69) is 156 Å². The second-order valence-electron chi connectivity index (χ2n) is 12.9. The fourth-order valence-corrected chi connectivity index (χ4v) is 7.60. The van der Waals surface area contributed by atoms with Gasteiger partial charge in [0.15, 0.2) is 0 Å². The van der Waals surface area contributed by atoms with Crippen LogP contribution in [0.1, 0.15) is 45.9 Å². The minimum Gasteiger partial charge on any atom is -0.459 e. The van der Waals surface area contributed by atoms with Crippen molar-refractivity contribution in [1.82, 2.24) is 16.0 Å².